The van der Waals surface area contributed by atoms with Crippen LogP contribution in [-0.2, 0) is 6.18 Å². The van der Waals surface area contributed by atoms with E-state index in [0.717, 1.165) is 18.2 Å². The predicted molar refractivity (Wildman–Crippen MR) is 54.5 cm³/mol. The first-order chi connectivity index (χ1) is 7.89. The van der Waals surface area contributed by atoms with Gasteiger partial charge in [0.2, 0.25) is 6.20 Å². The van der Waals surface area contributed by atoms with Crippen molar-refractivity contribution < 1.29 is 18.1 Å². The first-order valence-electron chi connectivity index (χ1n) is 4.38. The van der Waals surface area contributed by atoms with E-state index in [1.54, 1.807) is 0 Å². The van der Waals surface area contributed by atoms with Gasteiger partial charge in [-0.2, -0.15) is 13.2 Å². The van der Waals surface area contributed by atoms with Crippen LogP contribution >= 0.6 is 0 Å². The number of rotatable bonds is 1. The average Bonchev–Trinajstić information content (AvgIpc) is 2.23. The topological polar surface area (TPSA) is 43.1 Å². The molecule has 1 aromatic carbocycles. The van der Waals surface area contributed by atoms with Crippen LogP contribution in [0.2, 0.25) is 0 Å². The van der Waals surface area contributed by atoms with E-state index in [0.29, 0.717) is 11.8 Å². The van der Waals surface area contributed by atoms with Gasteiger partial charge in [0.05, 0.1) is 16.6 Å². The zero-order chi connectivity index (χ0) is 12.9. The zero-order valence-corrected chi connectivity index (χ0v) is 8.36. The van der Waals surface area contributed by atoms with E-state index in [-0.39, 0.29) is 0 Å². The Hall–Kier alpha value is -2.29. The van der Waals surface area contributed by atoms with Crippen molar-refractivity contribution >= 4 is 0 Å². The van der Waals surface area contributed by atoms with Crippen molar-refractivity contribution in [3.05, 3.63) is 57.8 Å². The summed E-state index contributed by atoms with van der Waals surface area (Å²) in [5, 5.41) is 9.89. The molecular formula is C11H6F3NO2. The van der Waals surface area contributed by atoms with Gasteiger partial charge in [0.25, 0.3) is 0 Å². The Kier molecular flexibility index (Phi) is 3.88. The predicted octanol–water partition coefficient (Wildman–Crippen LogP) is 2.85. The SMILES string of the molecule is O=[N+]([O-])/C=C/C#Cc1ccc(C(F)(F)F)cc1. The van der Waals surface area contributed by atoms with Crippen LogP contribution in [0.4, 0.5) is 13.2 Å². The van der Waals surface area contributed by atoms with Gasteiger partial charge in [-0.25, -0.2) is 0 Å². The van der Waals surface area contributed by atoms with Crippen LogP contribution in [-0.4, -0.2) is 4.92 Å². The second-order valence-corrected chi connectivity index (χ2v) is 2.95. The molecule has 0 unspecified atom stereocenters. The lowest BCUT2D eigenvalue weighted by atomic mass is 10.1. The Morgan fingerprint density at radius 2 is 1.82 bits per heavy atom. The van der Waals surface area contributed by atoms with Crippen molar-refractivity contribution in [3.63, 3.8) is 0 Å². The molecule has 0 aliphatic heterocycles. The summed E-state index contributed by atoms with van der Waals surface area (Å²) in [4.78, 5) is 9.21. The fraction of sp³-hybridized carbons (Fsp3) is 0.0909. The van der Waals surface area contributed by atoms with Crippen LogP contribution in [0.3, 0.4) is 0 Å². The first-order valence-corrected chi connectivity index (χ1v) is 4.38. The van der Waals surface area contributed by atoms with E-state index in [4.69, 9.17) is 0 Å². The lowest BCUT2D eigenvalue weighted by Gasteiger charge is -2.05. The van der Waals surface area contributed by atoms with Gasteiger partial charge in [0.1, 0.15) is 0 Å². The van der Waals surface area contributed by atoms with Gasteiger partial charge in [-0.1, -0.05) is 11.8 Å². The highest BCUT2D eigenvalue weighted by Gasteiger charge is 2.29. The maximum Gasteiger partial charge on any atom is 0.416 e. The van der Waals surface area contributed by atoms with Crippen molar-refractivity contribution in [2.75, 3.05) is 0 Å². The minimum absolute atomic E-state index is 0.353. The monoisotopic (exact) mass is 241 g/mol. The second kappa shape index (κ2) is 5.16. The molecule has 1 aromatic rings. The van der Waals surface area contributed by atoms with E-state index in [1.165, 1.54) is 12.1 Å². The normalized spacial score (nSPS) is 11.0. The second-order valence-electron chi connectivity index (χ2n) is 2.95. The van der Waals surface area contributed by atoms with Crippen LogP contribution in [0.5, 0.6) is 0 Å². The Bertz CT molecular complexity index is 492. The number of benzene rings is 1. The molecule has 0 atom stereocenters. The van der Waals surface area contributed by atoms with E-state index in [9.17, 15) is 23.3 Å². The third kappa shape index (κ3) is 4.38. The van der Waals surface area contributed by atoms with Gasteiger partial charge in [0, 0.05) is 5.56 Å². The van der Waals surface area contributed by atoms with Gasteiger partial charge in [-0.05, 0) is 24.3 Å². The van der Waals surface area contributed by atoms with Gasteiger partial charge >= 0.3 is 6.18 Å². The van der Waals surface area contributed by atoms with Crippen LogP contribution in [0.1, 0.15) is 11.1 Å². The van der Waals surface area contributed by atoms with Gasteiger partial charge in [-0.3, -0.25) is 10.1 Å². The molecule has 6 heteroatoms. The lowest BCUT2D eigenvalue weighted by Crippen LogP contribution is -2.03. The summed E-state index contributed by atoms with van der Waals surface area (Å²) < 4.78 is 36.6. The molecule has 0 heterocycles. The molecular weight excluding hydrogens is 235 g/mol. The summed E-state index contributed by atoms with van der Waals surface area (Å²) in [6.07, 6.45) is -2.72. The number of allylic oxidation sites excluding steroid dienone is 1. The molecule has 17 heavy (non-hydrogen) atoms. The number of nitro groups is 1. The molecule has 0 N–H and O–H groups in total. The van der Waals surface area contributed by atoms with Crippen LogP contribution in [0.25, 0.3) is 0 Å². The van der Waals surface area contributed by atoms with Crippen molar-refractivity contribution in [2.45, 2.75) is 6.18 Å². The van der Waals surface area contributed by atoms with Gasteiger partial charge in [0.15, 0.2) is 0 Å². The number of alkyl halides is 3. The summed E-state index contributed by atoms with van der Waals surface area (Å²) in [5.74, 6) is 4.81. The Labute approximate surface area is 94.7 Å². The van der Waals surface area contributed by atoms with Crippen molar-refractivity contribution in [1.82, 2.24) is 0 Å². The van der Waals surface area contributed by atoms with Crippen molar-refractivity contribution in [3.8, 4) is 11.8 Å². The molecule has 0 bridgehead atoms. The molecule has 0 aliphatic rings. The Balaban J connectivity index is 2.79. The van der Waals surface area contributed by atoms with Crippen LogP contribution < -0.4 is 0 Å². The molecule has 0 amide bonds. The van der Waals surface area contributed by atoms with Gasteiger partial charge < -0.3 is 0 Å². The maximum atomic E-state index is 12.2. The molecule has 0 aromatic heterocycles. The first kappa shape index (κ1) is 12.8. The number of halogens is 3. The molecule has 88 valence electrons. The van der Waals surface area contributed by atoms with Crippen LogP contribution in [0, 0.1) is 22.0 Å². The standard InChI is InChI=1S/C11H6F3NO2/c12-11(13,14)10-6-4-9(5-7-10)3-1-2-8-15(16)17/h2,4-8H/b8-2+. The largest absolute Gasteiger partial charge is 0.416 e. The van der Waals surface area contributed by atoms with Gasteiger partial charge in [-0.15, -0.1) is 0 Å². The molecule has 3 nitrogen and oxygen atoms in total. The van der Waals surface area contributed by atoms with E-state index in [1.807, 2.05) is 0 Å². The van der Waals surface area contributed by atoms with Crippen molar-refractivity contribution in [1.29, 1.82) is 0 Å². The molecule has 0 saturated heterocycles. The Morgan fingerprint density at radius 1 is 1.24 bits per heavy atom. The minimum atomic E-state index is -4.38. The maximum absolute atomic E-state index is 12.2. The highest BCUT2D eigenvalue weighted by atomic mass is 19.4. The van der Waals surface area contributed by atoms with E-state index < -0.39 is 16.7 Å². The highest BCUT2D eigenvalue weighted by Crippen LogP contribution is 2.28. The lowest BCUT2D eigenvalue weighted by molar-refractivity contribution is -0.402. The summed E-state index contributed by atoms with van der Waals surface area (Å²) in [6, 6.07) is 4.22. The molecule has 0 aliphatic carbocycles. The van der Waals surface area contributed by atoms with Crippen LogP contribution in [0.15, 0.2) is 36.5 Å². The highest BCUT2D eigenvalue weighted by molar-refractivity contribution is 5.38. The van der Waals surface area contributed by atoms with E-state index in [2.05, 4.69) is 11.8 Å². The molecule has 0 radical (unpaired) electrons. The quantitative estimate of drug-likeness (QED) is 0.431. The van der Waals surface area contributed by atoms with E-state index >= 15 is 0 Å². The average molecular weight is 241 g/mol. The molecule has 0 saturated carbocycles. The fourth-order valence-electron chi connectivity index (χ4n) is 0.966. The fourth-order valence-corrected chi connectivity index (χ4v) is 0.966. The zero-order valence-electron chi connectivity index (χ0n) is 8.36. The summed E-state index contributed by atoms with van der Waals surface area (Å²) in [6.45, 7) is 0. The third-order valence-corrected chi connectivity index (χ3v) is 1.71. The molecule has 0 spiro atoms. The number of hydrogen-bond acceptors (Lipinski definition) is 2. The Morgan fingerprint density at radius 3 is 2.29 bits per heavy atom. The third-order valence-electron chi connectivity index (χ3n) is 1.71. The smallest absolute Gasteiger partial charge is 0.259 e. The number of nitrogens with zero attached hydrogens (tertiary/aromatic N) is 1. The summed E-state index contributed by atoms with van der Waals surface area (Å²) >= 11 is 0. The summed E-state index contributed by atoms with van der Waals surface area (Å²) in [7, 11) is 0. The van der Waals surface area contributed by atoms with Crippen molar-refractivity contribution in [2.24, 2.45) is 0 Å². The molecule has 1 rings (SSSR count). The molecule has 0 fully saturated rings. The number of hydrogen-bond donors (Lipinski definition) is 0. The summed E-state index contributed by atoms with van der Waals surface area (Å²) in [5.41, 5.74) is -0.408. The minimum Gasteiger partial charge on any atom is -0.259 e.